The van der Waals surface area contributed by atoms with Gasteiger partial charge in [-0.05, 0) is 57.3 Å². The maximum absolute atomic E-state index is 5.49. The van der Waals surface area contributed by atoms with Gasteiger partial charge in [0.05, 0.1) is 42.7 Å². The summed E-state index contributed by atoms with van der Waals surface area (Å²) in [6, 6.07) is 20.3. The second-order valence-electron chi connectivity index (χ2n) is 8.37. The zero-order valence-electron chi connectivity index (χ0n) is 22.5. The summed E-state index contributed by atoms with van der Waals surface area (Å²) in [5, 5.41) is 2.28. The fourth-order valence-corrected chi connectivity index (χ4v) is 4.40. The number of hydrogen-bond acceptors (Lipinski definition) is 6. The Morgan fingerprint density at radius 2 is 0.763 bits per heavy atom. The fourth-order valence-electron chi connectivity index (χ4n) is 4.40. The van der Waals surface area contributed by atoms with Crippen molar-refractivity contribution in [1.82, 2.24) is 0 Å². The second-order valence-corrected chi connectivity index (χ2v) is 8.37. The molecule has 4 aromatic carbocycles. The van der Waals surface area contributed by atoms with E-state index in [1.54, 1.807) is 42.7 Å². The lowest BCUT2D eigenvalue weighted by Gasteiger charge is -2.13. The number of hydrogen-bond donors (Lipinski definition) is 0. The molecule has 6 heteroatoms. The van der Waals surface area contributed by atoms with Gasteiger partial charge in [0.1, 0.15) is 0 Å². The normalized spacial score (nSPS) is 11.2. The van der Waals surface area contributed by atoms with E-state index in [1.165, 1.54) is 0 Å². The van der Waals surface area contributed by atoms with Crippen molar-refractivity contribution in [3.63, 3.8) is 0 Å². The lowest BCUT2D eigenvalue weighted by molar-refractivity contribution is 0.324. The second kappa shape index (κ2) is 12.1. The van der Waals surface area contributed by atoms with E-state index in [9.17, 15) is 0 Å². The van der Waals surface area contributed by atoms with Crippen LogP contribution in [0.25, 0.3) is 35.1 Å². The van der Waals surface area contributed by atoms with Crippen molar-refractivity contribution in [2.24, 2.45) is 0 Å². The predicted molar refractivity (Wildman–Crippen MR) is 154 cm³/mol. The third kappa shape index (κ3) is 5.39. The van der Waals surface area contributed by atoms with Gasteiger partial charge < -0.3 is 28.4 Å². The Kier molecular flexibility index (Phi) is 8.44. The van der Waals surface area contributed by atoms with Crippen molar-refractivity contribution in [2.75, 3.05) is 42.7 Å². The zero-order chi connectivity index (χ0) is 27.1. The first-order valence-corrected chi connectivity index (χ1v) is 12.0. The minimum atomic E-state index is 0.570. The molecule has 4 rings (SSSR count). The van der Waals surface area contributed by atoms with E-state index in [1.807, 2.05) is 48.6 Å². The molecule has 0 bridgehead atoms. The quantitative estimate of drug-likeness (QED) is 0.209. The molecular formula is C32H32O6. The summed E-state index contributed by atoms with van der Waals surface area (Å²) < 4.78 is 32.9. The SMILES string of the molecule is COc1cc(/C=C/c2ccc(/C=C/c3cc(OC)c(OC)c(OC)c3)c3ccccc23)cc(OC)c1OC. The number of ether oxygens (including phenoxy) is 6. The highest BCUT2D eigenvalue weighted by atomic mass is 16.5. The Balaban J connectivity index is 1.70. The lowest BCUT2D eigenvalue weighted by atomic mass is 9.98. The number of rotatable bonds is 10. The molecule has 6 nitrogen and oxygen atoms in total. The van der Waals surface area contributed by atoms with E-state index in [-0.39, 0.29) is 0 Å². The van der Waals surface area contributed by atoms with Crippen LogP contribution in [0.3, 0.4) is 0 Å². The summed E-state index contributed by atoms with van der Waals surface area (Å²) in [4.78, 5) is 0. The van der Waals surface area contributed by atoms with Gasteiger partial charge in [-0.1, -0.05) is 60.7 Å². The van der Waals surface area contributed by atoms with Crippen LogP contribution in [0.5, 0.6) is 34.5 Å². The maximum Gasteiger partial charge on any atom is 0.203 e. The van der Waals surface area contributed by atoms with Crippen LogP contribution in [0.15, 0.2) is 60.7 Å². The monoisotopic (exact) mass is 512 g/mol. The molecule has 0 saturated heterocycles. The summed E-state index contributed by atoms with van der Waals surface area (Å²) >= 11 is 0. The van der Waals surface area contributed by atoms with Crippen molar-refractivity contribution in [3.05, 3.63) is 82.9 Å². The van der Waals surface area contributed by atoms with Gasteiger partial charge in [-0.2, -0.15) is 0 Å². The Bertz CT molecular complexity index is 1320. The lowest BCUT2D eigenvalue weighted by Crippen LogP contribution is -1.95. The van der Waals surface area contributed by atoms with E-state index < -0.39 is 0 Å². The van der Waals surface area contributed by atoms with Crippen LogP contribution in [0.4, 0.5) is 0 Å². The van der Waals surface area contributed by atoms with Crippen molar-refractivity contribution in [3.8, 4) is 34.5 Å². The first kappa shape index (κ1) is 26.5. The van der Waals surface area contributed by atoms with Gasteiger partial charge in [-0.15, -0.1) is 0 Å². The minimum Gasteiger partial charge on any atom is -0.493 e. The molecule has 0 unspecified atom stereocenters. The number of methoxy groups -OCH3 is 6. The first-order chi connectivity index (χ1) is 18.6. The Morgan fingerprint density at radius 1 is 0.421 bits per heavy atom. The molecule has 0 atom stereocenters. The largest absolute Gasteiger partial charge is 0.493 e. The summed E-state index contributed by atoms with van der Waals surface area (Å²) in [6.07, 6.45) is 8.26. The molecule has 0 saturated carbocycles. The van der Waals surface area contributed by atoms with Crippen LogP contribution in [-0.4, -0.2) is 42.7 Å². The molecule has 196 valence electrons. The molecule has 0 aliphatic heterocycles. The topological polar surface area (TPSA) is 55.4 Å². The molecule has 38 heavy (non-hydrogen) atoms. The predicted octanol–water partition coefficient (Wildman–Crippen LogP) is 7.23. The van der Waals surface area contributed by atoms with Gasteiger partial charge in [0.25, 0.3) is 0 Å². The Morgan fingerprint density at radius 3 is 1.05 bits per heavy atom. The summed E-state index contributed by atoms with van der Waals surface area (Å²) in [7, 11) is 9.65. The minimum absolute atomic E-state index is 0.570. The van der Waals surface area contributed by atoms with Crippen LogP contribution in [-0.2, 0) is 0 Å². The van der Waals surface area contributed by atoms with Gasteiger partial charge in [-0.25, -0.2) is 0 Å². The third-order valence-corrected chi connectivity index (χ3v) is 6.28. The van der Waals surface area contributed by atoms with Gasteiger partial charge in [0.15, 0.2) is 23.0 Å². The highest BCUT2D eigenvalue weighted by Gasteiger charge is 2.13. The van der Waals surface area contributed by atoms with Crippen LogP contribution >= 0.6 is 0 Å². The molecule has 0 heterocycles. The van der Waals surface area contributed by atoms with E-state index in [4.69, 9.17) is 28.4 Å². The smallest absolute Gasteiger partial charge is 0.203 e. The van der Waals surface area contributed by atoms with Gasteiger partial charge in [0.2, 0.25) is 11.5 Å². The molecule has 4 aromatic rings. The Labute approximate surface area is 223 Å². The van der Waals surface area contributed by atoms with Crippen molar-refractivity contribution in [2.45, 2.75) is 0 Å². The van der Waals surface area contributed by atoms with E-state index in [0.29, 0.717) is 34.5 Å². The average molecular weight is 513 g/mol. The number of fused-ring (bicyclic) bond motifs is 1. The third-order valence-electron chi connectivity index (χ3n) is 6.28. The molecule has 0 N–H and O–H groups in total. The van der Waals surface area contributed by atoms with Gasteiger partial charge in [-0.3, -0.25) is 0 Å². The average Bonchev–Trinajstić information content (AvgIpc) is 2.97. The van der Waals surface area contributed by atoms with Crippen LogP contribution in [0, 0.1) is 0 Å². The van der Waals surface area contributed by atoms with Crippen LogP contribution < -0.4 is 28.4 Å². The summed E-state index contributed by atoms with van der Waals surface area (Å²) in [5.74, 6) is 3.60. The summed E-state index contributed by atoms with van der Waals surface area (Å²) in [6.45, 7) is 0. The Hall–Kier alpha value is -4.58. The fraction of sp³-hybridized carbons (Fsp3) is 0.188. The van der Waals surface area contributed by atoms with Crippen molar-refractivity contribution < 1.29 is 28.4 Å². The summed E-state index contributed by atoms with van der Waals surface area (Å²) in [5.41, 5.74) is 4.07. The van der Waals surface area contributed by atoms with Crippen molar-refractivity contribution >= 4 is 35.1 Å². The molecule has 0 radical (unpaired) electrons. The molecule has 0 aliphatic carbocycles. The molecular weight excluding hydrogens is 480 g/mol. The van der Waals surface area contributed by atoms with Crippen LogP contribution in [0.1, 0.15) is 22.3 Å². The highest BCUT2D eigenvalue weighted by Crippen LogP contribution is 2.40. The first-order valence-electron chi connectivity index (χ1n) is 12.0. The molecule has 0 aliphatic rings. The number of benzene rings is 4. The standard InChI is InChI=1S/C32H32O6/c1-33-27-17-21(18-28(34-2)31(27)37-5)11-13-23-15-16-24(26-10-8-7-9-25(23)26)14-12-22-19-29(35-3)32(38-6)30(20-22)36-4/h7-20H,1-6H3/b13-11+,14-12+. The van der Waals surface area contributed by atoms with E-state index in [2.05, 4.69) is 36.4 Å². The van der Waals surface area contributed by atoms with E-state index in [0.717, 1.165) is 33.0 Å². The molecule has 0 spiro atoms. The van der Waals surface area contributed by atoms with Gasteiger partial charge in [0, 0.05) is 0 Å². The van der Waals surface area contributed by atoms with Gasteiger partial charge >= 0.3 is 0 Å². The van der Waals surface area contributed by atoms with Crippen molar-refractivity contribution in [1.29, 1.82) is 0 Å². The molecule has 0 aromatic heterocycles. The maximum atomic E-state index is 5.49. The van der Waals surface area contributed by atoms with E-state index >= 15 is 0 Å². The zero-order valence-corrected chi connectivity index (χ0v) is 22.5. The highest BCUT2D eigenvalue weighted by molar-refractivity contribution is 5.99. The van der Waals surface area contributed by atoms with Crippen LogP contribution in [0.2, 0.25) is 0 Å². The molecule has 0 fully saturated rings. The molecule has 0 amide bonds.